The third-order valence-corrected chi connectivity index (χ3v) is 3.90. The van der Waals surface area contributed by atoms with Crippen molar-refractivity contribution in [2.75, 3.05) is 6.54 Å². The van der Waals surface area contributed by atoms with Crippen molar-refractivity contribution < 1.29 is 0 Å². The van der Waals surface area contributed by atoms with Gasteiger partial charge in [0.15, 0.2) is 4.73 Å². The number of aromatic amines is 1. The van der Waals surface area contributed by atoms with Crippen molar-refractivity contribution in [2.45, 2.75) is 13.3 Å². The number of halogens is 1. The standard InChI is InChI=1S/C14H16BrN5/c1-8-17-11-7-9(3-4-12(11)20(8)2)13-10(5-6-16)18-14(15)19-13/h3-4,7H,5-6,16H2,1-2H3,(H,18,19). The molecule has 5 nitrogen and oxygen atoms in total. The summed E-state index contributed by atoms with van der Waals surface area (Å²) in [5.41, 5.74) is 10.8. The summed E-state index contributed by atoms with van der Waals surface area (Å²) in [7, 11) is 2.02. The number of fused-ring (bicyclic) bond motifs is 1. The molecule has 0 aliphatic heterocycles. The van der Waals surface area contributed by atoms with Gasteiger partial charge in [-0.25, -0.2) is 9.97 Å². The molecular formula is C14H16BrN5. The van der Waals surface area contributed by atoms with E-state index in [1.165, 1.54) is 0 Å². The predicted molar refractivity (Wildman–Crippen MR) is 83.5 cm³/mol. The van der Waals surface area contributed by atoms with Gasteiger partial charge in [-0.3, -0.25) is 0 Å². The molecule has 0 radical (unpaired) electrons. The van der Waals surface area contributed by atoms with Crippen LogP contribution in [0.25, 0.3) is 22.3 Å². The average molecular weight is 334 g/mol. The zero-order valence-corrected chi connectivity index (χ0v) is 13.0. The van der Waals surface area contributed by atoms with Crippen molar-refractivity contribution in [1.29, 1.82) is 0 Å². The minimum atomic E-state index is 0.590. The topological polar surface area (TPSA) is 72.5 Å². The second-order valence-electron chi connectivity index (χ2n) is 4.81. The molecule has 3 aromatic rings. The third-order valence-electron chi connectivity index (χ3n) is 3.52. The Morgan fingerprint density at radius 1 is 1.35 bits per heavy atom. The Bertz CT molecular complexity index is 771. The van der Waals surface area contributed by atoms with E-state index in [1.807, 2.05) is 14.0 Å². The maximum absolute atomic E-state index is 5.65. The fourth-order valence-electron chi connectivity index (χ4n) is 2.41. The molecule has 0 aliphatic rings. The van der Waals surface area contributed by atoms with E-state index in [1.54, 1.807) is 0 Å². The number of aryl methyl sites for hydroxylation is 2. The quantitative estimate of drug-likeness (QED) is 0.773. The molecule has 3 N–H and O–H groups in total. The fourth-order valence-corrected chi connectivity index (χ4v) is 2.83. The summed E-state index contributed by atoms with van der Waals surface area (Å²) in [6.07, 6.45) is 0.771. The largest absolute Gasteiger partial charge is 0.336 e. The fraction of sp³-hybridized carbons (Fsp3) is 0.286. The smallest absolute Gasteiger partial charge is 0.175 e. The van der Waals surface area contributed by atoms with E-state index < -0.39 is 0 Å². The maximum atomic E-state index is 5.65. The first-order valence-electron chi connectivity index (χ1n) is 6.48. The number of rotatable bonds is 3. The Balaban J connectivity index is 2.14. The monoisotopic (exact) mass is 333 g/mol. The zero-order chi connectivity index (χ0) is 14.3. The van der Waals surface area contributed by atoms with Crippen LogP contribution in [0, 0.1) is 6.92 Å². The minimum absolute atomic E-state index is 0.590. The van der Waals surface area contributed by atoms with E-state index in [-0.39, 0.29) is 0 Å². The molecule has 104 valence electrons. The Morgan fingerprint density at radius 3 is 2.90 bits per heavy atom. The Labute approximate surface area is 125 Å². The molecule has 0 atom stereocenters. The minimum Gasteiger partial charge on any atom is -0.336 e. The van der Waals surface area contributed by atoms with E-state index >= 15 is 0 Å². The molecule has 2 heterocycles. The lowest BCUT2D eigenvalue weighted by atomic mass is 10.1. The Kier molecular flexibility index (Phi) is 3.35. The molecule has 0 saturated carbocycles. The summed E-state index contributed by atoms with van der Waals surface area (Å²) in [6, 6.07) is 6.23. The number of nitrogens with zero attached hydrogens (tertiary/aromatic N) is 3. The van der Waals surface area contributed by atoms with Crippen LogP contribution in [0.4, 0.5) is 0 Å². The maximum Gasteiger partial charge on any atom is 0.175 e. The second kappa shape index (κ2) is 5.03. The molecule has 6 heteroatoms. The van der Waals surface area contributed by atoms with Crippen LogP contribution in [0.15, 0.2) is 22.9 Å². The lowest BCUT2D eigenvalue weighted by Gasteiger charge is -2.02. The number of aromatic nitrogens is 4. The van der Waals surface area contributed by atoms with Gasteiger partial charge in [-0.1, -0.05) is 6.07 Å². The highest BCUT2D eigenvalue weighted by Crippen LogP contribution is 2.27. The number of nitrogens with two attached hydrogens (primary N) is 1. The lowest BCUT2D eigenvalue weighted by molar-refractivity contribution is 0.886. The molecule has 20 heavy (non-hydrogen) atoms. The summed E-state index contributed by atoms with van der Waals surface area (Å²) in [5.74, 6) is 1.00. The van der Waals surface area contributed by atoms with Crippen LogP contribution in [-0.4, -0.2) is 26.1 Å². The molecular weight excluding hydrogens is 318 g/mol. The summed E-state index contributed by atoms with van der Waals surface area (Å²) in [5, 5.41) is 0. The summed E-state index contributed by atoms with van der Waals surface area (Å²) in [6.45, 7) is 2.59. The van der Waals surface area contributed by atoms with E-state index in [4.69, 9.17) is 5.73 Å². The number of imidazole rings is 2. The van der Waals surface area contributed by atoms with Crippen molar-refractivity contribution in [2.24, 2.45) is 12.8 Å². The van der Waals surface area contributed by atoms with Gasteiger partial charge >= 0.3 is 0 Å². The van der Waals surface area contributed by atoms with Crippen molar-refractivity contribution in [1.82, 2.24) is 19.5 Å². The van der Waals surface area contributed by atoms with Gasteiger partial charge in [0.25, 0.3) is 0 Å². The van der Waals surface area contributed by atoms with Crippen LogP contribution in [0.5, 0.6) is 0 Å². The van der Waals surface area contributed by atoms with Gasteiger partial charge in [0, 0.05) is 24.7 Å². The number of hydrogen-bond acceptors (Lipinski definition) is 3. The molecule has 0 aliphatic carbocycles. The van der Waals surface area contributed by atoms with E-state index in [9.17, 15) is 0 Å². The van der Waals surface area contributed by atoms with Crippen LogP contribution in [0.1, 0.15) is 11.5 Å². The molecule has 2 aromatic heterocycles. The number of benzene rings is 1. The summed E-state index contributed by atoms with van der Waals surface area (Å²) >= 11 is 3.39. The molecule has 3 rings (SSSR count). The van der Waals surface area contributed by atoms with E-state index in [2.05, 4.69) is 53.6 Å². The Morgan fingerprint density at radius 2 is 2.15 bits per heavy atom. The van der Waals surface area contributed by atoms with Gasteiger partial charge in [0.2, 0.25) is 0 Å². The second-order valence-corrected chi connectivity index (χ2v) is 5.57. The van der Waals surface area contributed by atoms with Crippen molar-refractivity contribution in [3.8, 4) is 11.3 Å². The molecule has 0 bridgehead atoms. The molecule has 0 spiro atoms. The first kappa shape index (κ1) is 13.3. The predicted octanol–water partition coefficient (Wildman–Crippen LogP) is 2.54. The molecule has 0 fully saturated rings. The van der Waals surface area contributed by atoms with Gasteiger partial charge in [-0.2, -0.15) is 0 Å². The van der Waals surface area contributed by atoms with Crippen molar-refractivity contribution >= 4 is 27.0 Å². The van der Waals surface area contributed by atoms with Crippen LogP contribution >= 0.6 is 15.9 Å². The normalized spacial score (nSPS) is 11.4. The van der Waals surface area contributed by atoms with Gasteiger partial charge in [0.1, 0.15) is 5.82 Å². The number of H-pyrrole nitrogens is 1. The highest BCUT2D eigenvalue weighted by Gasteiger charge is 2.12. The van der Waals surface area contributed by atoms with Crippen LogP contribution in [-0.2, 0) is 13.5 Å². The molecule has 0 saturated heterocycles. The average Bonchev–Trinajstić information content (AvgIpc) is 2.91. The van der Waals surface area contributed by atoms with Gasteiger partial charge in [0.05, 0.1) is 16.7 Å². The van der Waals surface area contributed by atoms with Gasteiger partial charge in [-0.15, -0.1) is 0 Å². The SMILES string of the molecule is Cc1nc2cc(-c3nc(Br)[nH]c3CCN)ccc2n1C. The number of nitrogens with one attached hydrogen (secondary N) is 1. The van der Waals surface area contributed by atoms with E-state index in [0.29, 0.717) is 6.54 Å². The van der Waals surface area contributed by atoms with Gasteiger partial charge < -0.3 is 15.3 Å². The Hall–Kier alpha value is -1.66. The van der Waals surface area contributed by atoms with Crippen LogP contribution in [0.2, 0.25) is 0 Å². The molecule has 0 amide bonds. The highest BCUT2D eigenvalue weighted by atomic mass is 79.9. The first-order valence-corrected chi connectivity index (χ1v) is 7.27. The van der Waals surface area contributed by atoms with Crippen LogP contribution < -0.4 is 5.73 Å². The van der Waals surface area contributed by atoms with E-state index in [0.717, 1.165) is 45.0 Å². The third kappa shape index (κ3) is 2.14. The van der Waals surface area contributed by atoms with Crippen molar-refractivity contribution in [3.63, 3.8) is 0 Å². The number of hydrogen-bond donors (Lipinski definition) is 2. The first-order chi connectivity index (χ1) is 9.60. The summed E-state index contributed by atoms with van der Waals surface area (Å²) < 4.78 is 2.81. The van der Waals surface area contributed by atoms with Crippen molar-refractivity contribution in [3.05, 3.63) is 34.5 Å². The molecule has 1 aromatic carbocycles. The molecule has 0 unspecified atom stereocenters. The zero-order valence-electron chi connectivity index (χ0n) is 11.4. The highest BCUT2D eigenvalue weighted by molar-refractivity contribution is 9.10. The van der Waals surface area contributed by atoms with Crippen LogP contribution in [0.3, 0.4) is 0 Å². The lowest BCUT2D eigenvalue weighted by Crippen LogP contribution is -2.04. The summed E-state index contributed by atoms with van der Waals surface area (Å²) in [4.78, 5) is 12.3. The van der Waals surface area contributed by atoms with Gasteiger partial charge in [-0.05, 0) is 41.5 Å².